The molecule has 0 saturated carbocycles. The summed E-state index contributed by atoms with van der Waals surface area (Å²) in [6, 6.07) is 13.2. The highest BCUT2D eigenvalue weighted by molar-refractivity contribution is 7.07. The Hall–Kier alpha value is -1.66. The third-order valence-corrected chi connectivity index (χ3v) is 5.43. The van der Waals surface area contributed by atoms with Crippen LogP contribution in [0.4, 0.5) is 0 Å². The van der Waals surface area contributed by atoms with E-state index in [1.165, 1.54) is 10.9 Å². The molecule has 3 N–H and O–H groups in total. The van der Waals surface area contributed by atoms with Gasteiger partial charge in [-0.25, -0.2) is 5.43 Å². The van der Waals surface area contributed by atoms with Gasteiger partial charge in [0.25, 0.3) is 0 Å². The van der Waals surface area contributed by atoms with Gasteiger partial charge in [-0.15, -0.1) is 0 Å². The lowest BCUT2D eigenvalue weighted by atomic mass is 9.99. The number of furan rings is 1. The van der Waals surface area contributed by atoms with Crippen LogP contribution in [0.1, 0.15) is 24.3 Å². The molecule has 0 radical (unpaired) electrons. The summed E-state index contributed by atoms with van der Waals surface area (Å²) in [5.74, 6) is 1.48. The van der Waals surface area contributed by atoms with Crippen LogP contribution in [-0.2, 0) is 6.42 Å². The minimum atomic E-state index is 0.207. The van der Waals surface area contributed by atoms with Crippen LogP contribution in [-0.4, -0.2) is 19.1 Å². The number of rotatable bonds is 6. The maximum atomic E-state index is 6.05. The quantitative estimate of drug-likeness (QED) is 0.642. The van der Waals surface area contributed by atoms with E-state index in [0.29, 0.717) is 12.0 Å². The first-order valence-corrected chi connectivity index (χ1v) is 9.45. The summed E-state index contributed by atoms with van der Waals surface area (Å²) in [6.45, 7) is 4.16. The number of para-hydroxylation sites is 1. The number of nitrogens with one attached hydrogen (secondary N) is 3. The van der Waals surface area contributed by atoms with Crippen LogP contribution in [0, 0.1) is 5.92 Å². The Labute approximate surface area is 146 Å². The molecule has 1 saturated heterocycles. The maximum Gasteiger partial charge on any atom is 0.134 e. The normalized spacial score (nSPS) is 22.2. The van der Waals surface area contributed by atoms with E-state index in [-0.39, 0.29) is 6.04 Å². The van der Waals surface area contributed by atoms with E-state index in [9.17, 15) is 0 Å². The van der Waals surface area contributed by atoms with E-state index in [4.69, 9.17) is 4.42 Å². The Kier molecular flexibility index (Phi) is 4.67. The molecule has 1 fully saturated rings. The lowest BCUT2D eigenvalue weighted by molar-refractivity contribution is 0.366. The van der Waals surface area contributed by atoms with Crippen molar-refractivity contribution < 1.29 is 4.42 Å². The molecule has 3 heterocycles. The molecule has 3 atom stereocenters. The van der Waals surface area contributed by atoms with Gasteiger partial charge in [-0.05, 0) is 47.9 Å². The van der Waals surface area contributed by atoms with Crippen molar-refractivity contribution in [3.8, 4) is 0 Å². The first-order chi connectivity index (χ1) is 11.8. The second-order valence-electron chi connectivity index (χ2n) is 6.59. The van der Waals surface area contributed by atoms with Gasteiger partial charge < -0.3 is 9.73 Å². The Balaban J connectivity index is 1.39. The van der Waals surface area contributed by atoms with Gasteiger partial charge in [0.05, 0.1) is 6.04 Å². The number of fused-ring (bicyclic) bond motifs is 1. The fourth-order valence-corrected chi connectivity index (χ4v) is 4.05. The standard InChI is InChI=1S/C19H23N3OS/c1-13(8-14-6-7-24-12-14)20-10-16-11-21-22-19(16)18-9-15-4-2-3-5-17(15)23-18/h2-7,9,12-13,16,19-22H,8,10-11H2,1H3. The van der Waals surface area contributed by atoms with Gasteiger partial charge in [-0.3, -0.25) is 5.43 Å². The lowest BCUT2D eigenvalue weighted by Gasteiger charge is -2.20. The summed E-state index contributed by atoms with van der Waals surface area (Å²) >= 11 is 1.76. The van der Waals surface area contributed by atoms with E-state index < -0.39 is 0 Å². The molecule has 5 heteroatoms. The molecule has 2 aromatic heterocycles. The number of thiophene rings is 1. The molecule has 4 rings (SSSR count). The van der Waals surface area contributed by atoms with Gasteiger partial charge >= 0.3 is 0 Å². The molecule has 24 heavy (non-hydrogen) atoms. The molecule has 0 aliphatic carbocycles. The molecule has 1 aliphatic heterocycles. The molecule has 1 aromatic carbocycles. The molecule has 1 aliphatic rings. The summed E-state index contributed by atoms with van der Waals surface area (Å²) in [6.07, 6.45) is 1.08. The molecule has 0 bridgehead atoms. The van der Waals surface area contributed by atoms with Crippen LogP contribution in [0.5, 0.6) is 0 Å². The third kappa shape index (κ3) is 3.39. The van der Waals surface area contributed by atoms with Crippen molar-refractivity contribution in [2.45, 2.75) is 25.4 Å². The van der Waals surface area contributed by atoms with E-state index in [2.05, 4.69) is 52.1 Å². The van der Waals surface area contributed by atoms with Gasteiger partial charge in [-0.1, -0.05) is 18.2 Å². The van der Waals surface area contributed by atoms with Crippen LogP contribution in [0.2, 0.25) is 0 Å². The predicted molar refractivity (Wildman–Crippen MR) is 99.1 cm³/mol. The molecule has 3 aromatic rings. The summed E-state index contributed by atoms with van der Waals surface area (Å²) in [5, 5.41) is 9.22. The molecular formula is C19H23N3OS. The zero-order valence-corrected chi connectivity index (χ0v) is 14.6. The smallest absolute Gasteiger partial charge is 0.134 e. The number of hydrogen-bond acceptors (Lipinski definition) is 5. The number of hydrogen-bond donors (Lipinski definition) is 3. The average molecular weight is 341 g/mol. The van der Waals surface area contributed by atoms with Crippen molar-refractivity contribution in [1.29, 1.82) is 0 Å². The summed E-state index contributed by atoms with van der Waals surface area (Å²) in [7, 11) is 0. The highest BCUT2D eigenvalue weighted by Crippen LogP contribution is 2.29. The van der Waals surface area contributed by atoms with Gasteiger partial charge in [0.15, 0.2) is 0 Å². The number of hydrazine groups is 1. The number of benzene rings is 1. The first-order valence-electron chi connectivity index (χ1n) is 8.51. The fraction of sp³-hybridized carbons (Fsp3) is 0.368. The van der Waals surface area contributed by atoms with Crippen molar-refractivity contribution in [2.75, 3.05) is 13.1 Å². The second-order valence-corrected chi connectivity index (χ2v) is 7.37. The van der Waals surface area contributed by atoms with E-state index in [1.54, 1.807) is 11.3 Å². The summed E-state index contributed by atoms with van der Waals surface area (Å²) in [4.78, 5) is 0. The largest absolute Gasteiger partial charge is 0.459 e. The van der Waals surface area contributed by atoms with Gasteiger partial charge in [0.1, 0.15) is 11.3 Å². The first kappa shape index (κ1) is 15.8. The Bertz CT molecular complexity index is 750. The van der Waals surface area contributed by atoms with E-state index >= 15 is 0 Å². The van der Waals surface area contributed by atoms with Crippen LogP contribution in [0.3, 0.4) is 0 Å². The van der Waals surface area contributed by atoms with Gasteiger partial charge in [0.2, 0.25) is 0 Å². The summed E-state index contributed by atoms with van der Waals surface area (Å²) in [5.41, 5.74) is 9.03. The molecule has 0 spiro atoms. The van der Waals surface area contributed by atoms with Crippen LogP contribution in [0.15, 0.2) is 51.6 Å². The fourth-order valence-electron chi connectivity index (χ4n) is 3.37. The van der Waals surface area contributed by atoms with Crippen molar-refractivity contribution in [1.82, 2.24) is 16.2 Å². The third-order valence-electron chi connectivity index (χ3n) is 4.69. The highest BCUT2D eigenvalue weighted by Gasteiger charge is 2.30. The summed E-state index contributed by atoms with van der Waals surface area (Å²) < 4.78 is 6.05. The highest BCUT2D eigenvalue weighted by atomic mass is 32.1. The van der Waals surface area contributed by atoms with Crippen molar-refractivity contribution >= 4 is 22.3 Å². The topological polar surface area (TPSA) is 49.2 Å². The SMILES string of the molecule is CC(Cc1ccsc1)NCC1CNNC1c1cc2ccccc2o1. The van der Waals surface area contributed by atoms with Crippen LogP contribution >= 0.6 is 11.3 Å². The molecule has 126 valence electrons. The van der Waals surface area contributed by atoms with Gasteiger partial charge in [0, 0.05) is 30.4 Å². The lowest BCUT2D eigenvalue weighted by Crippen LogP contribution is -2.35. The Morgan fingerprint density at radius 1 is 1.33 bits per heavy atom. The molecule has 4 nitrogen and oxygen atoms in total. The minimum absolute atomic E-state index is 0.207. The Morgan fingerprint density at radius 2 is 2.25 bits per heavy atom. The molecule has 3 unspecified atom stereocenters. The molecule has 0 amide bonds. The van der Waals surface area contributed by atoms with Crippen LogP contribution in [0.25, 0.3) is 11.0 Å². The van der Waals surface area contributed by atoms with Crippen molar-refractivity contribution in [2.24, 2.45) is 5.92 Å². The Morgan fingerprint density at radius 3 is 3.08 bits per heavy atom. The molecular weight excluding hydrogens is 318 g/mol. The van der Waals surface area contributed by atoms with E-state index in [1.807, 2.05) is 18.2 Å². The van der Waals surface area contributed by atoms with Crippen molar-refractivity contribution in [3.63, 3.8) is 0 Å². The zero-order valence-electron chi connectivity index (χ0n) is 13.8. The van der Waals surface area contributed by atoms with Gasteiger partial charge in [-0.2, -0.15) is 11.3 Å². The van der Waals surface area contributed by atoms with E-state index in [0.717, 1.165) is 30.9 Å². The average Bonchev–Trinajstić information content (AvgIpc) is 3.32. The minimum Gasteiger partial charge on any atom is -0.459 e. The zero-order chi connectivity index (χ0) is 16.4. The van der Waals surface area contributed by atoms with Crippen molar-refractivity contribution in [3.05, 3.63) is 58.5 Å². The monoisotopic (exact) mass is 341 g/mol. The van der Waals surface area contributed by atoms with Crippen LogP contribution < -0.4 is 16.2 Å². The predicted octanol–water partition coefficient (Wildman–Crippen LogP) is 3.48. The maximum absolute atomic E-state index is 6.05. The second kappa shape index (κ2) is 7.07.